The van der Waals surface area contributed by atoms with E-state index in [4.69, 9.17) is 5.73 Å². The summed E-state index contributed by atoms with van der Waals surface area (Å²) in [7, 11) is 0. The van der Waals surface area contributed by atoms with Gasteiger partial charge in [0.1, 0.15) is 0 Å². The third-order valence-corrected chi connectivity index (χ3v) is 4.22. The van der Waals surface area contributed by atoms with Crippen LogP contribution >= 0.6 is 15.9 Å². The van der Waals surface area contributed by atoms with Crippen molar-refractivity contribution in [2.75, 3.05) is 6.54 Å². The van der Waals surface area contributed by atoms with Crippen LogP contribution < -0.4 is 5.73 Å². The van der Waals surface area contributed by atoms with E-state index in [9.17, 15) is 0 Å². The molecular weight excluding hydrogens is 310 g/mol. The Hall–Kier alpha value is -1.12. The number of nitrogens with two attached hydrogens (primary N) is 1. The van der Waals surface area contributed by atoms with E-state index in [1.54, 1.807) is 0 Å². The Kier molecular flexibility index (Phi) is 5.38. The summed E-state index contributed by atoms with van der Waals surface area (Å²) >= 11 is 3.52. The fraction of sp³-hybridized carbons (Fsp3) is 0.333. The van der Waals surface area contributed by atoms with Crippen LogP contribution in [0.2, 0.25) is 0 Å². The Labute approximate surface area is 130 Å². The summed E-state index contributed by atoms with van der Waals surface area (Å²) < 4.78 is 1.13. The molecule has 0 amide bonds. The Morgan fingerprint density at radius 1 is 1.00 bits per heavy atom. The van der Waals surface area contributed by atoms with Crippen LogP contribution in [-0.2, 0) is 6.42 Å². The molecule has 1 atom stereocenters. The Morgan fingerprint density at radius 3 is 2.20 bits per heavy atom. The van der Waals surface area contributed by atoms with Crippen LogP contribution in [0.1, 0.15) is 42.4 Å². The minimum Gasteiger partial charge on any atom is -0.330 e. The van der Waals surface area contributed by atoms with E-state index in [0.29, 0.717) is 18.4 Å². The first-order valence-corrected chi connectivity index (χ1v) is 7.94. The molecule has 0 aliphatic carbocycles. The molecular formula is C18H22BrN. The monoisotopic (exact) mass is 331 g/mol. The fourth-order valence-corrected chi connectivity index (χ4v) is 2.89. The van der Waals surface area contributed by atoms with Crippen LogP contribution in [0.5, 0.6) is 0 Å². The van der Waals surface area contributed by atoms with Gasteiger partial charge in [0.2, 0.25) is 0 Å². The molecule has 106 valence electrons. The van der Waals surface area contributed by atoms with Crippen molar-refractivity contribution in [2.45, 2.75) is 32.1 Å². The van der Waals surface area contributed by atoms with Gasteiger partial charge in [-0.25, -0.2) is 0 Å². The molecule has 0 aliphatic heterocycles. The second-order valence-electron chi connectivity index (χ2n) is 5.59. The van der Waals surface area contributed by atoms with Crippen LogP contribution in [0, 0.1) is 0 Å². The maximum Gasteiger partial charge on any atom is 0.0177 e. The van der Waals surface area contributed by atoms with Crippen molar-refractivity contribution >= 4 is 15.9 Å². The molecule has 2 aromatic carbocycles. The van der Waals surface area contributed by atoms with Gasteiger partial charge in [0, 0.05) is 10.4 Å². The maximum absolute atomic E-state index is 5.98. The summed E-state index contributed by atoms with van der Waals surface area (Å²) in [6.07, 6.45) is 0.983. The topological polar surface area (TPSA) is 26.0 Å². The van der Waals surface area contributed by atoms with Crippen molar-refractivity contribution in [3.05, 3.63) is 69.7 Å². The molecule has 1 unspecified atom stereocenters. The number of halogens is 1. The Bertz CT molecular complexity index is 546. The van der Waals surface area contributed by atoms with Gasteiger partial charge < -0.3 is 5.73 Å². The first-order chi connectivity index (χ1) is 9.60. The largest absolute Gasteiger partial charge is 0.330 e. The maximum atomic E-state index is 5.98. The molecule has 2 aromatic rings. The Balaban J connectivity index is 2.15. The van der Waals surface area contributed by atoms with Crippen LogP contribution in [0.4, 0.5) is 0 Å². The fourth-order valence-electron chi connectivity index (χ4n) is 2.44. The quantitative estimate of drug-likeness (QED) is 0.831. The van der Waals surface area contributed by atoms with E-state index in [-0.39, 0.29) is 0 Å². The van der Waals surface area contributed by atoms with E-state index in [0.717, 1.165) is 10.9 Å². The van der Waals surface area contributed by atoms with E-state index < -0.39 is 0 Å². The van der Waals surface area contributed by atoms with Gasteiger partial charge in [0.25, 0.3) is 0 Å². The molecule has 1 nitrogen and oxygen atoms in total. The van der Waals surface area contributed by atoms with Gasteiger partial charge in [-0.1, -0.05) is 66.2 Å². The third kappa shape index (κ3) is 3.94. The first-order valence-electron chi connectivity index (χ1n) is 7.14. The molecule has 2 heteroatoms. The molecule has 0 saturated carbocycles. The van der Waals surface area contributed by atoms with Crippen molar-refractivity contribution in [3.63, 3.8) is 0 Å². The molecule has 0 fully saturated rings. The standard InChI is InChI=1S/C18H22BrN/c1-13(2)15-6-8-16(9-7-15)17(12-20)10-14-4-3-5-18(19)11-14/h3-9,11,13,17H,10,12,20H2,1-2H3. The second-order valence-corrected chi connectivity index (χ2v) is 6.50. The zero-order chi connectivity index (χ0) is 14.5. The van der Waals surface area contributed by atoms with Gasteiger partial charge in [0.05, 0.1) is 0 Å². The van der Waals surface area contributed by atoms with Gasteiger partial charge in [0.15, 0.2) is 0 Å². The van der Waals surface area contributed by atoms with Gasteiger partial charge in [-0.15, -0.1) is 0 Å². The lowest BCUT2D eigenvalue weighted by atomic mass is 9.90. The average molecular weight is 332 g/mol. The summed E-state index contributed by atoms with van der Waals surface area (Å²) in [5.74, 6) is 0.955. The summed E-state index contributed by atoms with van der Waals surface area (Å²) in [4.78, 5) is 0. The molecule has 0 bridgehead atoms. The molecule has 0 radical (unpaired) electrons. The first kappa shape index (κ1) is 15.3. The van der Waals surface area contributed by atoms with Crippen LogP contribution in [0.15, 0.2) is 53.0 Å². The second kappa shape index (κ2) is 7.05. The van der Waals surface area contributed by atoms with E-state index in [2.05, 4.69) is 78.3 Å². The number of benzene rings is 2. The average Bonchev–Trinajstić information content (AvgIpc) is 2.45. The zero-order valence-corrected chi connectivity index (χ0v) is 13.7. The van der Waals surface area contributed by atoms with Gasteiger partial charge in [-0.3, -0.25) is 0 Å². The van der Waals surface area contributed by atoms with Crippen LogP contribution in [0.3, 0.4) is 0 Å². The molecule has 0 aliphatic rings. The van der Waals surface area contributed by atoms with E-state index in [1.807, 2.05) is 0 Å². The molecule has 0 spiro atoms. The summed E-state index contributed by atoms with van der Waals surface area (Å²) in [5, 5.41) is 0. The Morgan fingerprint density at radius 2 is 1.65 bits per heavy atom. The highest BCUT2D eigenvalue weighted by Gasteiger charge is 2.11. The van der Waals surface area contributed by atoms with Crippen LogP contribution in [-0.4, -0.2) is 6.54 Å². The number of hydrogen-bond acceptors (Lipinski definition) is 1. The van der Waals surface area contributed by atoms with Crippen molar-refractivity contribution in [1.29, 1.82) is 0 Å². The third-order valence-electron chi connectivity index (χ3n) is 3.73. The molecule has 0 saturated heterocycles. The minimum absolute atomic E-state index is 0.380. The summed E-state index contributed by atoms with van der Waals surface area (Å²) in [6, 6.07) is 17.4. The highest BCUT2D eigenvalue weighted by atomic mass is 79.9. The van der Waals surface area contributed by atoms with E-state index >= 15 is 0 Å². The highest BCUT2D eigenvalue weighted by molar-refractivity contribution is 9.10. The van der Waals surface area contributed by atoms with Gasteiger partial charge in [-0.2, -0.15) is 0 Å². The van der Waals surface area contributed by atoms with Gasteiger partial charge >= 0.3 is 0 Å². The zero-order valence-electron chi connectivity index (χ0n) is 12.1. The smallest absolute Gasteiger partial charge is 0.0177 e. The van der Waals surface area contributed by atoms with Crippen molar-refractivity contribution in [2.24, 2.45) is 5.73 Å². The lowest BCUT2D eigenvalue weighted by molar-refractivity contribution is 0.693. The number of hydrogen-bond donors (Lipinski definition) is 1. The lowest BCUT2D eigenvalue weighted by Crippen LogP contribution is -2.15. The van der Waals surface area contributed by atoms with Crippen LogP contribution in [0.25, 0.3) is 0 Å². The summed E-state index contributed by atoms with van der Waals surface area (Å²) in [5.41, 5.74) is 10.0. The molecule has 2 rings (SSSR count). The molecule has 2 N–H and O–H groups in total. The van der Waals surface area contributed by atoms with Crippen molar-refractivity contribution in [3.8, 4) is 0 Å². The predicted molar refractivity (Wildman–Crippen MR) is 90.2 cm³/mol. The minimum atomic E-state index is 0.380. The molecule has 0 heterocycles. The highest BCUT2D eigenvalue weighted by Crippen LogP contribution is 2.24. The predicted octanol–water partition coefficient (Wildman–Crippen LogP) is 4.86. The SMILES string of the molecule is CC(C)c1ccc(C(CN)Cc2cccc(Br)c2)cc1. The van der Waals surface area contributed by atoms with Crippen molar-refractivity contribution < 1.29 is 0 Å². The van der Waals surface area contributed by atoms with E-state index in [1.165, 1.54) is 16.7 Å². The molecule has 0 aromatic heterocycles. The molecule has 20 heavy (non-hydrogen) atoms. The normalized spacial score (nSPS) is 12.7. The van der Waals surface area contributed by atoms with Gasteiger partial charge in [-0.05, 0) is 47.7 Å². The summed E-state index contributed by atoms with van der Waals surface area (Å²) in [6.45, 7) is 5.11. The number of rotatable bonds is 5. The van der Waals surface area contributed by atoms with Crippen molar-refractivity contribution in [1.82, 2.24) is 0 Å². The lowest BCUT2D eigenvalue weighted by Gasteiger charge is -2.16.